The zero-order valence-electron chi connectivity index (χ0n) is 13.1. The Kier molecular flexibility index (Phi) is 4.98. The third-order valence-corrected chi connectivity index (χ3v) is 4.01. The normalized spacial score (nSPS) is 19.7. The highest BCUT2D eigenvalue weighted by Crippen LogP contribution is 2.35. The van der Waals surface area contributed by atoms with E-state index in [0.717, 1.165) is 5.01 Å². The van der Waals surface area contributed by atoms with Crippen LogP contribution < -0.4 is 5.43 Å². The number of nitrogens with one attached hydrogen (secondary N) is 1. The second-order valence-corrected chi connectivity index (χ2v) is 6.47. The minimum atomic E-state index is -4.45. The van der Waals surface area contributed by atoms with E-state index in [1.807, 2.05) is 0 Å². The Morgan fingerprint density at radius 3 is 2.57 bits per heavy atom. The largest absolute Gasteiger partial charge is 0.405 e. The van der Waals surface area contributed by atoms with Crippen molar-refractivity contribution in [3.63, 3.8) is 0 Å². The van der Waals surface area contributed by atoms with E-state index in [9.17, 15) is 22.4 Å². The van der Waals surface area contributed by atoms with Crippen molar-refractivity contribution >= 4 is 5.91 Å². The van der Waals surface area contributed by atoms with Crippen molar-refractivity contribution in [1.29, 1.82) is 0 Å². The van der Waals surface area contributed by atoms with Crippen LogP contribution in [-0.2, 0) is 11.2 Å². The Balaban J connectivity index is 2.04. The molecule has 1 saturated heterocycles. The van der Waals surface area contributed by atoms with E-state index in [1.54, 1.807) is 19.9 Å². The van der Waals surface area contributed by atoms with Crippen LogP contribution in [0.5, 0.6) is 0 Å². The maximum Gasteiger partial charge on any atom is 0.405 e. The second kappa shape index (κ2) is 6.47. The van der Waals surface area contributed by atoms with Crippen LogP contribution in [0.25, 0.3) is 0 Å². The summed E-state index contributed by atoms with van der Waals surface area (Å²) in [6, 6.07) is 4.09. The van der Waals surface area contributed by atoms with Crippen LogP contribution in [0.15, 0.2) is 24.3 Å². The fourth-order valence-electron chi connectivity index (χ4n) is 2.93. The van der Waals surface area contributed by atoms with Gasteiger partial charge >= 0.3 is 6.18 Å². The van der Waals surface area contributed by atoms with Gasteiger partial charge in [-0.25, -0.2) is 9.40 Å². The molecule has 3 nitrogen and oxygen atoms in total. The molecule has 1 unspecified atom stereocenters. The van der Waals surface area contributed by atoms with Gasteiger partial charge in [0.25, 0.3) is 0 Å². The molecule has 1 N–H and O–H groups in total. The molecule has 0 bridgehead atoms. The number of rotatable bonds is 5. The molecule has 1 aliphatic rings. The average molecular weight is 332 g/mol. The molecule has 2 rings (SSSR count). The Hall–Kier alpha value is -1.63. The van der Waals surface area contributed by atoms with E-state index in [0.29, 0.717) is 12.0 Å². The molecular formula is C16H20F4N2O. The van der Waals surface area contributed by atoms with Crippen LogP contribution in [0, 0.1) is 5.82 Å². The van der Waals surface area contributed by atoms with Crippen molar-refractivity contribution in [1.82, 2.24) is 10.4 Å². The summed E-state index contributed by atoms with van der Waals surface area (Å²) < 4.78 is 53.2. The highest BCUT2D eigenvalue weighted by molar-refractivity contribution is 5.78. The molecule has 0 aromatic heterocycles. The van der Waals surface area contributed by atoms with Gasteiger partial charge < -0.3 is 0 Å². The molecule has 1 amide bonds. The standard InChI is InChI=1S/C16H20F4N2O/c1-15(2)10-14(23)21-22(15)13(16(18,19)20)8-4-6-11-5-3-7-12(17)9-11/h3,5,7,9,13H,4,6,8,10H2,1-2H3,(H,21,23). The smallest absolute Gasteiger partial charge is 0.288 e. The summed E-state index contributed by atoms with van der Waals surface area (Å²) in [6.45, 7) is 3.21. The Morgan fingerprint density at radius 1 is 1.35 bits per heavy atom. The number of alkyl halides is 3. The van der Waals surface area contributed by atoms with Crippen molar-refractivity contribution in [3.8, 4) is 0 Å². The summed E-state index contributed by atoms with van der Waals surface area (Å²) in [7, 11) is 0. The first-order chi connectivity index (χ1) is 10.6. The monoisotopic (exact) mass is 332 g/mol. The summed E-state index contributed by atoms with van der Waals surface area (Å²) in [5, 5.41) is 1.01. The van der Waals surface area contributed by atoms with Crippen molar-refractivity contribution in [3.05, 3.63) is 35.6 Å². The van der Waals surface area contributed by atoms with Gasteiger partial charge in [0.1, 0.15) is 11.9 Å². The lowest BCUT2D eigenvalue weighted by Gasteiger charge is -2.37. The van der Waals surface area contributed by atoms with Crippen molar-refractivity contribution in [2.75, 3.05) is 0 Å². The minimum Gasteiger partial charge on any atom is -0.288 e. The summed E-state index contributed by atoms with van der Waals surface area (Å²) in [4.78, 5) is 11.5. The van der Waals surface area contributed by atoms with Gasteiger partial charge in [-0.15, -0.1) is 0 Å². The second-order valence-electron chi connectivity index (χ2n) is 6.47. The first kappa shape index (κ1) is 17.7. The highest BCUT2D eigenvalue weighted by atomic mass is 19.4. The van der Waals surface area contributed by atoms with E-state index in [-0.39, 0.29) is 19.3 Å². The molecule has 0 aliphatic carbocycles. The van der Waals surface area contributed by atoms with Crippen LogP contribution in [0.3, 0.4) is 0 Å². The zero-order chi connectivity index (χ0) is 17.3. The quantitative estimate of drug-likeness (QED) is 0.836. The number of benzene rings is 1. The third kappa shape index (κ3) is 4.43. The molecule has 1 fully saturated rings. The highest BCUT2D eigenvalue weighted by Gasteiger charge is 2.51. The average Bonchev–Trinajstić information content (AvgIpc) is 2.66. The van der Waals surface area contributed by atoms with Crippen LogP contribution in [0.2, 0.25) is 0 Å². The number of nitrogens with zero attached hydrogens (tertiary/aromatic N) is 1. The fraction of sp³-hybridized carbons (Fsp3) is 0.562. The molecule has 1 heterocycles. The van der Waals surface area contributed by atoms with E-state index in [2.05, 4.69) is 5.43 Å². The lowest BCUT2D eigenvalue weighted by atomic mass is 9.97. The van der Waals surface area contributed by atoms with Gasteiger partial charge in [-0.3, -0.25) is 10.2 Å². The molecule has 7 heteroatoms. The number of carbonyl (C=O) groups is 1. The van der Waals surface area contributed by atoms with Gasteiger partial charge in [-0.1, -0.05) is 12.1 Å². The topological polar surface area (TPSA) is 32.3 Å². The molecule has 0 saturated carbocycles. The van der Waals surface area contributed by atoms with Crippen molar-refractivity contribution < 1.29 is 22.4 Å². The van der Waals surface area contributed by atoms with Crippen LogP contribution in [-0.4, -0.2) is 28.7 Å². The molecule has 1 aromatic carbocycles. The molecule has 1 aromatic rings. The third-order valence-electron chi connectivity index (χ3n) is 4.01. The number of hydrazine groups is 1. The molecule has 1 aliphatic heterocycles. The maximum atomic E-state index is 13.4. The summed E-state index contributed by atoms with van der Waals surface area (Å²) in [6.07, 6.45) is -3.98. The number of hydrogen-bond donors (Lipinski definition) is 1. The minimum absolute atomic E-state index is 0.0312. The summed E-state index contributed by atoms with van der Waals surface area (Å²) in [5.74, 6) is -0.808. The Morgan fingerprint density at radius 2 is 2.04 bits per heavy atom. The number of carbonyl (C=O) groups excluding carboxylic acids is 1. The SMILES string of the molecule is CC1(C)CC(=O)NN1C(CCCc1cccc(F)c1)C(F)(F)F. The van der Waals surface area contributed by atoms with Gasteiger partial charge in [0.15, 0.2) is 0 Å². The summed E-state index contributed by atoms with van der Waals surface area (Å²) in [5.41, 5.74) is 2.09. The van der Waals surface area contributed by atoms with E-state index in [4.69, 9.17) is 0 Å². The Bertz CT molecular complexity index is 571. The molecule has 1 atom stereocenters. The maximum absolute atomic E-state index is 13.4. The van der Waals surface area contributed by atoms with Gasteiger partial charge in [0, 0.05) is 12.0 Å². The zero-order valence-corrected chi connectivity index (χ0v) is 13.1. The first-order valence-corrected chi connectivity index (χ1v) is 7.49. The van der Waals surface area contributed by atoms with Crippen molar-refractivity contribution in [2.45, 2.75) is 57.3 Å². The fourth-order valence-corrected chi connectivity index (χ4v) is 2.93. The van der Waals surface area contributed by atoms with Gasteiger partial charge in [-0.2, -0.15) is 13.2 Å². The predicted molar refractivity (Wildman–Crippen MR) is 77.9 cm³/mol. The lowest BCUT2D eigenvalue weighted by molar-refractivity contribution is -0.202. The molecule has 0 spiro atoms. The van der Waals surface area contributed by atoms with E-state index in [1.165, 1.54) is 18.2 Å². The van der Waals surface area contributed by atoms with Gasteiger partial charge in [0.05, 0.1) is 0 Å². The van der Waals surface area contributed by atoms with Crippen LogP contribution >= 0.6 is 0 Å². The molecule has 0 radical (unpaired) electrons. The van der Waals surface area contributed by atoms with Gasteiger partial charge in [-0.05, 0) is 50.8 Å². The number of halogens is 4. The number of hydrogen-bond acceptors (Lipinski definition) is 2. The summed E-state index contributed by atoms with van der Waals surface area (Å²) >= 11 is 0. The number of aryl methyl sites for hydroxylation is 1. The Labute approximate surface area is 132 Å². The van der Waals surface area contributed by atoms with E-state index < -0.39 is 29.5 Å². The first-order valence-electron chi connectivity index (χ1n) is 7.49. The molecular weight excluding hydrogens is 312 g/mol. The molecule has 128 valence electrons. The van der Waals surface area contributed by atoms with Gasteiger partial charge in [0.2, 0.25) is 5.91 Å². The number of amides is 1. The molecule has 23 heavy (non-hydrogen) atoms. The van der Waals surface area contributed by atoms with Crippen LogP contribution in [0.1, 0.15) is 38.7 Å². The van der Waals surface area contributed by atoms with Crippen LogP contribution in [0.4, 0.5) is 17.6 Å². The lowest BCUT2D eigenvalue weighted by Crippen LogP contribution is -2.56. The van der Waals surface area contributed by atoms with E-state index >= 15 is 0 Å². The van der Waals surface area contributed by atoms with Crippen molar-refractivity contribution in [2.24, 2.45) is 0 Å². The predicted octanol–water partition coefficient (Wildman–Crippen LogP) is 3.59.